The summed E-state index contributed by atoms with van der Waals surface area (Å²) < 4.78 is 32.6. The Hall–Kier alpha value is -2.58. The van der Waals surface area contributed by atoms with Crippen molar-refractivity contribution < 1.29 is 13.2 Å². The Balaban J connectivity index is 1.44. The molecule has 2 aromatic rings. The monoisotopic (exact) mass is 430 g/mol. The van der Waals surface area contributed by atoms with Crippen molar-refractivity contribution >= 4 is 16.0 Å². The second-order valence-corrected chi connectivity index (χ2v) is 9.03. The Bertz CT molecular complexity index is 946. The van der Waals surface area contributed by atoms with Crippen LogP contribution in [0.25, 0.3) is 0 Å². The third kappa shape index (κ3) is 7.03. The van der Waals surface area contributed by atoms with Gasteiger partial charge in [0.1, 0.15) is 5.75 Å². The molecule has 162 valence electrons. The van der Waals surface area contributed by atoms with E-state index < -0.39 is 10.0 Å². The summed E-state index contributed by atoms with van der Waals surface area (Å²) in [6.45, 7) is 4.64. The van der Waals surface area contributed by atoms with Crippen molar-refractivity contribution in [2.75, 3.05) is 32.0 Å². The van der Waals surface area contributed by atoms with E-state index in [0.29, 0.717) is 19.0 Å². The maximum atomic E-state index is 12.2. The lowest BCUT2D eigenvalue weighted by Crippen LogP contribution is -2.39. The number of rotatable bonds is 10. The number of fused-ring (bicyclic) bond motifs is 1. The topological polar surface area (TPSA) is 91.8 Å². The molecule has 1 aliphatic rings. The maximum Gasteiger partial charge on any atom is 0.213 e. The first kappa shape index (κ1) is 22.1. The van der Waals surface area contributed by atoms with Gasteiger partial charge in [0.25, 0.3) is 0 Å². The van der Waals surface area contributed by atoms with Crippen molar-refractivity contribution in [3.63, 3.8) is 0 Å². The van der Waals surface area contributed by atoms with Gasteiger partial charge >= 0.3 is 0 Å². The van der Waals surface area contributed by atoms with Crippen LogP contribution in [0, 0.1) is 0 Å². The number of hydrogen-bond acceptors (Lipinski definition) is 4. The molecule has 2 aromatic carbocycles. The minimum Gasteiger partial charge on any atom is -0.493 e. The summed E-state index contributed by atoms with van der Waals surface area (Å²) in [5.41, 5.74) is 3.44. The van der Waals surface area contributed by atoms with Gasteiger partial charge in [0, 0.05) is 26.1 Å². The zero-order valence-corrected chi connectivity index (χ0v) is 18.2. The van der Waals surface area contributed by atoms with Crippen LogP contribution < -0.4 is 20.1 Å². The molecule has 1 aliphatic heterocycles. The minimum absolute atomic E-state index is 0.0543. The Labute approximate surface area is 179 Å². The van der Waals surface area contributed by atoms with Gasteiger partial charge in [0.05, 0.1) is 18.9 Å². The van der Waals surface area contributed by atoms with E-state index in [9.17, 15) is 8.42 Å². The van der Waals surface area contributed by atoms with E-state index in [4.69, 9.17) is 4.74 Å². The van der Waals surface area contributed by atoms with Crippen LogP contribution in [-0.2, 0) is 29.4 Å². The van der Waals surface area contributed by atoms with Crippen LogP contribution in [0.4, 0.5) is 0 Å². The first-order valence-corrected chi connectivity index (χ1v) is 12.0. The van der Waals surface area contributed by atoms with Gasteiger partial charge in [-0.1, -0.05) is 42.5 Å². The number of nitrogens with zero attached hydrogens (tertiary/aromatic N) is 1. The van der Waals surface area contributed by atoms with Crippen LogP contribution in [0.2, 0.25) is 0 Å². The summed E-state index contributed by atoms with van der Waals surface area (Å²) >= 11 is 0. The molecule has 3 N–H and O–H groups in total. The van der Waals surface area contributed by atoms with Crippen LogP contribution >= 0.6 is 0 Å². The number of nitrogens with one attached hydrogen (secondary N) is 3. The third-order valence-electron chi connectivity index (χ3n) is 4.77. The Morgan fingerprint density at radius 2 is 1.93 bits per heavy atom. The summed E-state index contributed by atoms with van der Waals surface area (Å²) in [5, 5.41) is 6.43. The molecule has 1 heterocycles. The van der Waals surface area contributed by atoms with E-state index in [1.807, 2.05) is 43.3 Å². The molecule has 0 aromatic heterocycles. The lowest BCUT2D eigenvalue weighted by Gasteiger charge is -2.12. The second kappa shape index (κ2) is 11.0. The molecule has 7 nitrogen and oxygen atoms in total. The molecule has 0 amide bonds. The molecule has 0 bridgehead atoms. The molecule has 0 fully saturated rings. The Kier molecular flexibility index (Phi) is 8.10. The molecule has 0 saturated carbocycles. The zero-order valence-electron chi connectivity index (χ0n) is 17.4. The quantitative estimate of drug-likeness (QED) is 0.395. The van der Waals surface area contributed by atoms with Crippen molar-refractivity contribution in [3.8, 4) is 5.75 Å². The fourth-order valence-corrected chi connectivity index (χ4v) is 4.06. The van der Waals surface area contributed by atoms with E-state index >= 15 is 0 Å². The van der Waals surface area contributed by atoms with E-state index in [2.05, 4.69) is 32.5 Å². The third-order valence-corrected chi connectivity index (χ3v) is 6.08. The van der Waals surface area contributed by atoms with Gasteiger partial charge in [-0.25, -0.2) is 13.1 Å². The van der Waals surface area contributed by atoms with Gasteiger partial charge in [-0.2, -0.15) is 0 Å². The maximum absolute atomic E-state index is 12.2. The van der Waals surface area contributed by atoms with Gasteiger partial charge in [-0.3, -0.25) is 4.99 Å². The van der Waals surface area contributed by atoms with Crippen molar-refractivity contribution in [2.45, 2.75) is 26.3 Å². The average Bonchev–Trinajstić information content (AvgIpc) is 3.21. The lowest BCUT2D eigenvalue weighted by atomic mass is 10.1. The smallest absolute Gasteiger partial charge is 0.213 e. The number of ether oxygens (including phenoxy) is 1. The largest absolute Gasteiger partial charge is 0.493 e. The van der Waals surface area contributed by atoms with E-state index in [1.165, 1.54) is 11.1 Å². The van der Waals surface area contributed by atoms with E-state index in [1.54, 1.807) is 0 Å². The summed E-state index contributed by atoms with van der Waals surface area (Å²) in [6, 6.07) is 15.8. The number of sulfonamides is 1. The fraction of sp³-hybridized carbons (Fsp3) is 0.409. The highest BCUT2D eigenvalue weighted by atomic mass is 32.2. The standard InChI is InChI=1S/C22H30N4O3S/c1-2-23-22(24-12-10-18-8-9-21-20(16-18)11-14-29-21)25-13-15-30(27,28)26-17-19-6-4-3-5-7-19/h3-9,16,26H,2,10-15,17H2,1H3,(H2,23,24,25). The number of hydrogen-bond donors (Lipinski definition) is 3. The molecule has 0 unspecified atom stereocenters. The molecule has 0 saturated heterocycles. The minimum atomic E-state index is -3.38. The first-order chi connectivity index (χ1) is 14.6. The summed E-state index contributed by atoms with van der Waals surface area (Å²) in [6.07, 6.45) is 1.82. The molecule has 0 aliphatic carbocycles. The molecule has 0 radical (unpaired) electrons. The van der Waals surface area contributed by atoms with Crippen LogP contribution in [0.3, 0.4) is 0 Å². The SMILES string of the molecule is CCNC(=NCCS(=O)(=O)NCc1ccccc1)NCCc1ccc2c(c1)CCO2. The van der Waals surface area contributed by atoms with Gasteiger partial charge in [0.2, 0.25) is 10.0 Å². The van der Waals surface area contributed by atoms with Crippen LogP contribution in [0.5, 0.6) is 5.75 Å². The van der Waals surface area contributed by atoms with Crippen molar-refractivity contribution in [1.82, 2.24) is 15.4 Å². The molecule has 0 atom stereocenters. The van der Waals surface area contributed by atoms with Crippen molar-refractivity contribution in [1.29, 1.82) is 0 Å². The van der Waals surface area contributed by atoms with Crippen LogP contribution in [0.1, 0.15) is 23.6 Å². The summed E-state index contributed by atoms with van der Waals surface area (Å²) in [7, 11) is -3.38. The summed E-state index contributed by atoms with van der Waals surface area (Å²) in [5.74, 6) is 1.56. The normalized spacial score (nSPS) is 13.6. The average molecular weight is 431 g/mol. The van der Waals surface area contributed by atoms with Gasteiger partial charge in [-0.15, -0.1) is 0 Å². The molecular formula is C22H30N4O3S. The molecule has 3 rings (SSSR count). The predicted octanol–water partition coefficient (Wildman–Crippen LogP) is 1.84. The summed E-state index contributed by atoms with van der Waals surface area (Å²) in [4.78, 5) is 4.40. The fourth-order valence-electron chi connectivity index (χ4n) is 3.20. The highest BCUT2D eigenvalue weighted by Gasteiger charge is 2.12. The van der Waals surface area contributed by atoms with E-state index in [0.717, 1.165) is 30.8 Å². The van der Waals surface area contributed by atoms with Crippen molar-refractivity contribution in [3.05, 3.63) is 65.2 Å². The van der Waals surface area contributed by atoms with Gasteiger partial charge < -0.3 is 15.4 Å². The molecule has 0 spiro atoms. The second-order valence-electron chi connectivity index (χ2n) is 7.10. The van der Waals surface area contributed by atoms with E-state index in [-0.39, 0.29) is 18.8 Å². The van der Waals surface area contributed by atoms with Gasteiger partial charge in [0.15, 0.2) is 5.96 Å². The number of aliphatic imine (C=N–C) groups is 1. The zero-order chi connectivity index (χ0) is 21.2. The lowest BCUT2D eigenvalue weighted by molar-refractivity contribution is 0.357. The Morgan fingerprint density at radius 3 is 2.73 bits per heavy atom. The van der Waals surface area contributed by atoms with Crippen LogP contribution in [0.15, 0.2) is 53.5 Å². The Morgan fingerprint density at radius 1 is 1.10 bits per heavy atom. The number of guanidine groups is 1. The highest BCUT2D eigenvalue weighted by Crippen LogP contribution is 2.25. The molecular weight excluding hydrogens is 400 g/mol. The highest BCUT2D eigenvalue weighted by molar-refractivity contribution is 7.89. The number of benzene rings is 2. The van der Waals surface area contributed by atoms with Gasteiger partial charge in [-0.05, 0) is 36.1 Å². The molecule has 30 heavy (non-hydrogen) atoms. The molecule has 8 heteroatoms. The predicted molar refractivity (Wildman–Crippen MR) is 120 cm³/mol. The van der Waals surface area contributed by atoms with Crippen LogP contribution in [-0.4, -0.2) is 46.4 Å². The van der Waals surface area contributed by atoms with Crippen molar-refractivity contribution in [2.24, 2.45) is 4.99 Å². The first-order valence-electron chi connectivity index (χ1n) is 10.3.